The highest BCUT2D eigenvalue weighted by Gasteiger charge is 2.63. The number of anilines is 6. The molecule has 8 fully saturated rings. The van der Waals surface area contributed by atoms with Crippen molar-refractivity contribution in [2.24, 2.45) is 47.3 Å². The van der Waals surface area contributed by atoms with E-state index in [2.05, 4.69) is 398 Å². The van der Waals surface area contributed by atoms with Crippen LogP contribution < -0.4 is 9.80 Å². The largest absolute Gasteiger partial charge is 0.311 e. The predicted molar refractivity (Wildman–Crippen MR) is 484 cm³/mol. The van der Waals surface area contributed by atoms with E-state index in [1.807, 2.05) is 0 Å². The molecule has 0 aromatic heterocycles. The maximum atomic E-state index is 2.56. The Kier molecular flexibility index (Phi) is 16.7. The van der Waals surface area contributed by atoms with E-state index in [-0.39, 0.29) is 10.8 Å². The zero-order chi connectivity index (χ0) is 76.4. The molecule has 0 amide bonds. The normalized spacial score (nSPS) is 22.2. The number of fused-ring (bicyclic) bond motifs is 7. The van der Waals surface area contributed by atoms with Crippen LogP contribution in [0, 0.1) is 47.3 Å². The first-order valence-electron chi connectivity index (χ1n) is 42.9. The summed E-state index contributed by atoms with van der Waals surface area (Å²) in [5.41, 5.74) is 37.2. The van der Waals surface area contributed by atoms with Gasteiger partial charge in [0, 0.05) is 44.7 Å². The molecule has 0 N–H and O–H groups in total. The maximum absolute atomic E-state index is 2.56. The maximum Gasteiger partial charge on any atom is 0.0540 e. The predicted octanol–water partition coefficient (Wildman–Crippen LogP) is 30.6. The van der Waals surface area contributed by atoms with Gasteiger partial charge in [0.2, 0.25) is 0 Å². The number of rotatable bonds is 13. The quantitative estimate of drug-likeness (QED) is 0.114. The van der Waals surface area contributed by atoms with Crippen LogP contribution in [0.2, 0.25) is 0 Å². The van der Waals surface area contributed by atoms with E-state index >= 15 is 0 Å². The molecule has 116 heavy (non-hydrogen) atoms. The lowest BCUT2D eigenvalue weighted by Gasteiger charge is -2.61. The third-order valence-electron chi connectivity index (χ3n) is 29.2. The van der Waals surface area contributed by atoms with Crippen LogP contribution in [0.25, 0.3) is 111 Å². The summed E-state index contributed by atoms with van der Waals surface area (Å²) in [6, 6.07) is 145. The van der Waals surface area contributed by atoms with E-state index in [1.54, 1.807) is 22.3 Å². The Morgan fingerprint density at radius 1 is 0.181 bits per heavy atom. The standard InChI is InChI=1S/C58H47N.C56H45N/c1-3-10-41(11-4-1)44-22-28-50(29-23-44)59(51-30-24-45(25-31-51)42-12-5-2-6-13-42)52-32-26-46(27-33-52)43-18-20-47(21-19-43)53-15-9-16-55-54-14-7-8-17-56(54)58(57(53)55)48-35-39-34-40(37-48)38-49(58)36-39;1-3-11-39(12-4-1)41-19-24-46(25-20-41)57(47-26-21-42(22-27-47)40-13-5-2-6-14-40)55-30-28-48(49-15-7-8-17-51(49)55)43-23-29-54-52(36-43)50-16-9-10-18-53(50)56(54)44-32-37-31-38(34-44)35-45(56)33-37/h1-33,39-40,48-49H,34-38H2;1-30,36-38,44-45H,31-35H2. The number of hydrogen-bond donors (Lipinski definition) is 0. The van der Waals surface area contributed by atoms with Gasteiger partial charge < -0.3 is 9.80 Å². The topological polar surface area (TPSA) is 6.48 Å². The second-order valence-electron chi connectivity index (χ2n) is 35.1. The fourth-order valence-corrected chi connectivity index (χ4v) is 24.8. The molecular weight excluding hydrogens is 1400 g/mol. The fourth-order valence-electron chi connectivity index (χ4n) is 24.8. The molecule has 10 aliphatic carbocycles. The van der Waals surface area contributed by atoms with Crippen LogP contribution >= 0.6 is 0 Å². The molecule has 2 nitrogen and oxygen atoms in total. The Labute approximate surface area is 683 Å². The van der Waals surface area contributed by atoms with E-state index < -0.39 is 0 Å². The van der Waals surface area contributed by atoms with E-state index in [9.17, 15) is 0 Å². The van der Waals surface area contributed by atoms with Gasteiger partial charge in [0.15, 0.2) is 0 Å². The van der Waals surface area contributed by atoms with Crippen molar-refractivity contribution < 1.29 is 0 Å². The highest BCUT2D eigenvalue weighted by atomic mass is 15.1. The van der Waals surface area contributed by atoms with Gasteiger partial charge in [-0.3, -0.25) is 0 Å². The Morgan fingerprint density at radius 3 is 0.914 bits per heavy atom. The molecule has 16 aromatic rings. The zero-order valence-electron chi connectivity index (χ0n) is 65.5. The van der Waals surface area contributed by atoms with Gasteiger partial charge in [-0.15, -0.1) is 0 Å². The lowest BCUT2D eigenvalue weighted by atomic mass is 9.42. The van der Waals surface area contributed by atoms with Crippen molar-refractivity contribution in [1.29, 1.82) is 0 Å². The molecule has 0 saturated heterocycles. The van der Waals surface area contributed by atoms with E-state index in [0.717, 1.165) is 75.8 Å². The van der Waals surface area contributed by atoms with Crippen LogP contribution in [-0.2, 0) is 10.8 Å². The second-order valence-corrected chi connectivity index (χ2v) is 35.1. The zero-order valence-corrected chi connectivity index (χ0v) is 65.5. The molecule has 0 unspecified atom stereocenters. The number of hydrogen-bond acceptors (Lipinski definition) is 2. The minimum Gasteiger partial charge on any atom is -0.311 e. The van der Waals surface area contributed by atoms with Gasteiger partial charge in [-0.05, 0) is 312 Å². The van der Waals surface area contributed by atoms with Crippen molar-refractivity contribution in [1.82, 2.24) is 0 Å². The molecular formula is C114H92N2. The molecule has 8 bridgehead atoms. The molecule has 2 heteroatoms. The molecule has 0 heterocycles. The summed E-state index contributed by atoms with van der Waals surface area (Å²) < 4.78 is 0. The van der Waals surface area contributed by atoms with Crippen molar-refractivity contribution in [3.63, 3.8) is 0 Å². The fraction of sp³-hybridized carbons (Fsp3) is 0.175. The van der Waals surface area contributed by atoms with Gasteiger partial charge in [0.1, 0.15) is 0 Å². The van der Waals surface area contributed by atoms with Crippen molar-refractivity contribution in [2.45, 2.75) is 75.0 Å². The average Bonchev–Trinajstić information content (AvgIpc) is 1.49. The Balaban J connectivity index is 0.000000137. The van der Waals surface area contributed by atoms with Gasteiger partial charge in [-0.25, -0.2) is 0 Å². The van der Waals surface area contributed by atoms with Crippen molar-refractivity contribution >= 4 is 44.9 Å². The summed E-state index contributed by atoms with van der Waals surface area (Å²) in [6.45, 7) is 0. The van der Waals surface area contributed by atoms with Crippen molar-refractivity contribution in [3.05, 3.63) is 411 Å². The first-order chi connectivity index (χ1) is 57.4. The number of benzene rings is 16. The summed E-state index contributed by atoms with van der Waals surface area (Å²) in [7, 11) is 0. The van der Waals surface area contributed by atoms with Crippen LogP contribution in [0.15, 0.2) is 388 Å². The molecule has 558 valence electrons. The summed E-state index contributed by atoms with van der Waals surface area (Å²) >= 11 is 0. The summed E-state index contributed by atoms with van der Waals surface area (Å²) in [4.78, 5) is 4.80. The molecule has 2 spiro atoms. The van der Waals surface area contributed by atoms with Crippen LogP contribution in [-0.4, -0.2) is 0 Å². The Bertz CT molecular complexity index is 6120. The molecule has 0 atom stereocenters. The third kappa shape index (κ3) is 11.3. The molecule has 16 aromatic carbocycles. The van der Waals surface area contributed by atoms with Gasteiger partial charge in [0.25, 0.3) is 0 Å². The Morgan fingerprint density at radius 2 is 0.483 bits per heavy atom. The monoisotopic (exact) mass is 1490 g/mol. The second kappa shape index (κ2) is 28.1. The lowest BCUT2D eigenvalue weighted by Crippen LogP contribution is -2.55. The minimum atomic E-state index is 0.153. The molecule has 0 radical (unpaired) electrons. The van der Waals surface area contributed by atoms with Crippen molar-refractivity contribution in [2.75, 3.05) is 9.80 Å². The third-order valence-corrected chi connectivity index (χ3v) is 29.2. The highest BCUT2D eigenvalue weighted by molar-refractivity contribution is 6.07. The van der Waals surface area contributed by atoms with Crippen molar-refractivity contribution in [3.8, 4) is 100 Å². The van der Waals surface area contributed by atoms with E-state index in [4.69, 9.17) is 0 Å². The van der Waals surface area contributed by atoms with Crippen LogP contribution in [0.3, 0.4) is 0 Å². The summed E-state index contributed by atoms with van der Waals surface area (Å²) in [5.74, 6) is 6.82. The highest BCUT2D eigenvalue weighted by Crippen LogP contribution is 2.72. The summed E-state index contributed by atoms with van der Waals surface area (Å²) in [5, 5.41) is 2.52. The summed E-state index contributed by atoms with van der Waals surface area (Å²) in [6.07, 6.45) is 14.2. The molecule has 26 rings (SSSR count). The SMILES string of the molecule is c1ccc(-c2ccc(N(c3ccc(-c4ccccc4)cc3)c3ccc(-c4ccc(-c5cccc6c5C5(c7ccccc7-6)C6CC7CC(C6)CC5C7)cc4)cc3)cc2)cc1.c1ccc(-c2ccc(N(c3ccc(-c4ccccc4)cc3)c3ccc(-c4ccc5c(c4)-c4ccccc4C54C5CC6CC(C5)CC4C6)c4ccccc34)cc2)cc1. The first-order valence-corrected chi connectivity index (χ1v) is 42.9. The van der Waals surface area contributed by atoms with E-state index in [1.165, 1.54) is 181 Å². The van der Waals surface area contributed by atoms with Gasteiger partial charge in [-0.1, -0.05) is 315 Å². The Hall–Kier alpha value is -12.6. The van der Waals surface area contributed by atoms with Gasteiger partial charge in [0.05, 0.1) is 5.69 Å². The van der Waals surface area contributed by atoms with Crippen LogP contribution in [0.5, 0.6) is 0 Å². The van der Waals surface area contributed by atoms with Gasteiger partial charge in [-0.2, -0.15) is 0 Å². The molecule has 0 aliphatic heterocycles. The average molecular weight is 1490 g/mol. The molecule has 8 saturated carbocycles. The van der Waals surface area contributed by atoms with Gasteiger partial charge >= 0.3 is 0 Å². The van der Waals surface area contributed by atoms with E-state index in [0.29, 0.717) is 0 Å². The smallest absolute Gasteiger partial charge is 0.0540 e. The van der Waals surface area contributed by atoms with Crippen LogP contribution in [0.4, 0.5) is 34.1 Å². The lowest BCUT2D eigenvalue weighted by molar-refractivity contribution is -0.0399. The number of nitrogens with zero attached hydrogens (tertiary/aromatic N) is 2. The molecule has 10 aliphatic rings. The first kappa shape index (κ1) is 68.9. The minimum absolute atomic E-state index is 0.153. The van der Waals surface area contributed by atoms with Crippen LogP contribution in [0.1, 0.15) is 86.5 Å².